The maximum atomic E-state index is 12.1. The zero-order chi connectivity index (χ0) is 13.8. The third-order valence-corrected chi connectivity index (χ3v) is 4.69. The van der Waals surface area contributed by atoms with E-state index in [4.69, 9.17) is 18.0 Å². The van der Waals surface area contributed by atoms with Crippen LogP contribution in [-0.4, -0.2) is 44.2 Å². The van der Waals surface area contributed by atoms with Crippen LogP contribution in [0.15, 0.2) is 29.2 Å². The molecule has 1 rings (SSSR count). The van der Waals surface area contributed by atoms with Crippen LogP contribution in [0.4, 0.5) is 0 Å². The van der Waals surface area contributed by atoms with E-state index in [9.17, 15) is 8.42 Å². The summed E-state index contributed by atoms with van der Waals surface area (Å²) in [4.78, 5) is 2.43. The first-order valence-electron chi connectivity index (χ1n) is 5.68. The fourth-order valence-electron chi connectivity index (χ4n) is 1.39. The van der Waals surface area contributed by atoms with Crippen molar-refractivity contribution in [2.75, 3.05) is 25.9 Å². The van der Waals surface area contributed by atoms with Crippen LogP contribution in [0.1, 0.15) is 12.5 Å². The van der Waals surface area contributed by atoms with Crippen LogP contribution in [0.3, 0.4) is 0 Å². The zero-order valence-electron chi connectivity index (χ0n) is 10.6. The number of hydrogen-bond donors (Lipinski definition) is 1. The highest BCUT2D eigenvalue weighted by molar-refractivity contribution is 7.91. The van der Waals surface area contributed by atoms with Crippen molar-refractivity contribution in [1.82, 2.24) is 4.90 Å². The average molecular weight is 286 g/mol. The molecule has 4 nitrogen and oxygen atoms in total. The first-order chi connectivity index (χ1) is 8.36. The summed E-state index contributed by atoms with van der Waals surface area (Å²) >= 11 is 4.84. The molecule has 100 valence electrons. The Kier molecular flexibility index (Phi) is 5.25. The number of rotatable bonds is 6. The molecule has 0 radical (unpaired) electrons. The van der Waals surface area contributed by atoms with E-state index in [1.165, 1.54) is 6.07 Å². The fourth-order valence-corrected chi connectivity index (χ4v) is 2.90. The smallest absolute Gasteiger partial charge is 0.179 e. The molecular weight excluding hydrogens is 268 g/mol. The van der Waals surface area contributed by atoms with Gasteiger partial charge in [0.2, 0.25) is 0 Å². The van der Waals surface area contributed by atoms with Gasteiger partial charge in [0.15, 0.2) is 9.84 Å². The molecule has 6 heteroatoms. The summed E-state index contributed by atoms with van der Waals surface area (Å²) in [6.45, 7) is 3.32. The van der Waals surface area contributed by atoms with Gasteiger partial charge in [0.1, 0.15) is 4.99 Å². The molecule has 0 spiro atoms. The molecule has 0 aliphatic rings. The molecule has 0 bridgehead atoms. The molecule has 0 saturated carbocycles. The number of nitrogens with zero attached hydrogens (tertiary/aromatic N) is 1. The summed E-state index contributed by atoms with van der Waals surface area (Å²) < 4.78 is 24.2. The van der Waals surface area contributed by atoms with Gasteiger partial charge in [-0.05, 0) is 25.7 Å². The first-order valence-corrected chi connectivity index (χ1v) is 7.74. The second kappa shape index (κ2) is 6.26. The van der Waals surface area contributed by atoms with Crippen molar-refractivity contribution in [3.8, 4) is 0 Å². The van der Waals surface area contributed by atoms with Crippen LogP contribution in [0.2, 0.25) is 0 Å². The van der Waals surface area contributed by atoms with Crippen LogP contribution < -0.4 is 5.73 Å². The molecule has 0 fully saturated rings. The second-order valence-corrected chi connectivity index (χ2v) is 6.66. The van der Waals surface area contributed by atoms with E-state index in [2.05, 4.69) is 0 Å². The lowest BCUT2D eigenvalue weighted by Crippen LogP contribution is -2.25. The van der Waals surface area contributed by atoms with Crippen LogP contribution in [0.5, 0.6) is 0 Å². The molecule has 0 unspecified atom stereocenters. The largest absolute Gasteiger partial charge is 0.389 e. The average Bonchev–Trinajstić information content (AvgIpc) is 2.36. The molecule has 18 heavy (non-hydrogen) atoms. The number of sulfone groups is 1. The summed E-state index contributed by atoms with van der Waals surface area (Å²) in [6, 6.07) is 6.47. The first kappa shape index (κ1) is 15.1. The van der Waals surface area contributed by atoms with Gasteiger partial charge < -0.3 is 10.6 Å². The van der Waals surface area contributed by atoms with Gasteiger partial charge in [-0.25, -0.2) is 8.42 Å². The third kappa shape index (κ3) is 4.04. The standard InChI is InChI=1S/C12H18N2O2S2/c1-3-14(2)7-8-18(15,16)11-6-4-5-10(9-11)12(13)17/h4-6,9H,3,7-8H2,1-2H3,(H2,13,17). The molecule has 0 heterocycles. The highest BCUT2D eigenvalue weighted by atomic mass is 32.2. The molecular formula is C12H18N2O2S2. The monoisotopic (exact) mass is 286 g/mol. The SMILES string of the molecule is CCN(C)CCS(=O)(=O)c1cccc(C(N)=S)c1. The maximum absolute atomic E-state index is 12.1. The van der Waals surface area contributed by atoms with Gasteiger partial charge in [-0.3, -0.25) is 0 Å². The Hall–Kier alpha value is -0.980. The van der Waals surface area contributed by atoms with E-state index in [0.717, 1.165) is 6.54 Å². The van der Waals surface area contributed by atoms with Crippen molar-refractivity contribution in [2.24, 2.45) is 5.73 Å². The fraction of sp³-hybridized carbons (Fsp3) is 0.417. The van der Waals surface area contributed by atoms with Gasteiger partial charge >= 0.3 is 0 Å². The van der Waals surface area contributed by atoms with Gasteiger partial charge in [0.25, 0.3) is 0 Å². The van der Waals surface area contributed by atoms with Crippen molar-refractivity contribution < 1.29 is 8.42 Å². The number of nitrogens with two attached hydrogens (primary N) is 1. The molecule has 0 amide bonds. The van der Waals surface area contributed by atoms with E-state index in [1.54, 1.807) is 18.2 Å². The lowest BCUT2D eigenvalue weighted by atomic mass is 10.2. The normalized spacial score (nSPS) is 11.7. The minimum Gasteiger partial charge on any atom is -0.389 e. The summed E-state index contributed by atoms with van der Waals surface area (Å²) in [7, 11) is -1.39. The van der Waals surface area contributed by atoms with E-state index in [1.807, 2.05) is 18.9 Å². The molecule has 0 aliphatic carbocycles. The van der Waals surface area contributed by atoms with Crippen molar-refractivity contribution in [2.45, 2.75) is 11.8 Å². The third-order valence-electron chi connectivity index (χ3n) is 2.76. The Bertz CT molecular complexity index is 527. The van der Waals surface area contributed by atoms with E-state index < -0.39 is 9.84 Å². The lowest BCUT2D eigenvalue weighted by Gasteiger charge is -2.13. The Balaban J connectivity index is 2.91. The summed E-state index contributed by atoms with van der Waals surface area (Å²) in [6.07, 6.45) is 0. The second-order valence-electron chi connectivity index (χ2n) is 4.11. The van der Waals surface area contributed by atoms with Gasteiger partial charge in [-0.2, -0.15) is 0 Å². The molecule has 1 aromatic carbocycles. The van der Waals surface area contributed by atoms with Crippen LogP contribution in [0.25, 0.3) is 0 Å². The Labute approximate surface area is 114 Å². The molecule has 1 aromatic rings. The van der Waals surface area contributed by atoms with Crippen molar-refractivity contribution in [3.05, 3.63) is 29.8 Å². The van der Waals surface area contributed by atoms with Crippen LogP contribution in [0, 0.1) is 0 Å². The van der Waals surface area contributed by atoms with E-state index in [-0.39, 0.29) is 15.6 Å². The maximum Gasteiger partial charge on any atom is 0.179 e. The van der Waals surface area contributed by atoms with Crippen molar-refractivity contribution in [3.63, 3.8) is 0 Å². The predicted molar refractivity (Wildman–Crippen MR) is 77.6 cm³/mol. The number of thiocarbonyl (C=S) groups is 1. The van der Waals surface area contributed by atoms with Crippen LogP contribution in [-0.2, 0) is 9.84 Å². The predicted octanol–water partition coefficient (Wildman–Crippen LogP) is 1.05. The summed E-state index contributed by atoms with van der Waals surface area (Å²) in [5.74, 6) is 0.0954. The summed E-state index contributed by atoms with van der Waals surface area (Å²) in [5, 5.41) is 0. The molecule has 0 aromatic heterocycles. The lowest BCUT2D eigenvalue weighted by molar-refractivity contribution is 0.373. The van der Waals surface area contributed by atoms with Gasteiger partial charge in [-0.15, -0.1) is 0 Å². The topological polar surface area (TPSA) is 63.4 Å². The minimum absolute atomic E-state index is 0.0954. The molecule has 0 aliphatic heterocycles. The highest BCUT2D eigenvalue weighted by Crippen LogP contribution is 2.13. The number of hydrogen-bond acceptors (Lipinski definition) is 4. The molecule has 2 N–H and O–H groups in total. The number of benzene rings is 1. The van der Waals surface area contributed by atoms with Crippen molar-refractivity contribution >= 4 is 27.0 Å². The van der Waals surface area contributed by atoms with E-state index >= 15 is 0 Å². The van der Waals surface area contributed by atoms with Gasteiger partial charge in [0, 0.05) is 12.1 Å². The Morgan fingerprint density at radius 1 is 1.44 bits per heavy atom. The highest BCUT2D eigenvalue weighted by Gasteiger charge is 2.15. The molecule has 0 saturated heterocycles. The zero-order valence-corrected chi connectivity index (χ0v) is 12.2. The summed E-state index contributed by atoms with van der Waals surface area (Å²) in [5.41, 5.74) is 6.08. The van der Waals surface area contributed by atoms with Crippen molar-refractivity contribution in [1.29, 1.82) is 0 Å². The quantitative estimate of drug-likeness (QED) is 0.792. The van der Waals surface area contributed by atoms with Crippen LogP contribution >= 0.6 is 12.2 Å². The molecule has 0 atom stereocenters. The van der Waals surface area contributed by atoms with Gasteiger partial charge in [0.05, 0.1) is 10.6 Å². The Morgan fingerprint density at radius 2 is 2.11 bits per heavy atom. The Morgan fingerprint density at radius 3 is 2.67 bits per heavy atom. The van der Waals surface area contributed by atoms with Gasteiger partial charge in [-0.1, -0.05) is 31.3 Å². The van der Waals surface area contributed by atoms with E-state index in [0.29, 0.717) is 12.1 Å². The minimum atomic E-state index is -3.28.